The van der Waals surface area contributed by atoms with Crippen LogP contribution in [0.15, 0.2) is 18.3 Å². The van der Waals surface area contributed by atoms with Crippen molar-refractivity contribution in [2.75, 3.05) is 25.0 Å². The Hall–Kier alpha value is -1.62. The molecule has 0 saturated heterocycles. The summed E-state index contributed by atoms with van der Waals surface area (Å²) >= 11 is 0. The fourth-order valence-corrected chi connectivity index (χ4v) is 1.44. The number of hydrogen-bond acceptors (Lipinski definition) is 4. The first kappa shape index (κ1) is 13.4. The van der Waals surface area contributed by atoms with Crippen molar-refractivity contribution in [2.24, 2.45) is 5.73 Å². The number of pyridine rings is 1. The van der Waals surface area contributed by atoms with E-state index in [9.17, 15) is 4.79 Å². The second-order valence-corrected chi connectivity index (χ2v) is 3.92. The van der Waals surface area contributed by atoms with Crippen LogP contribution in [0, 0.1) is 0 Å². The number of amides is 1. The first-order valence-corrected chi connectivity index (χ1v) is 5.80. The molecule has 0 spiro atoms. The third kappa shape index (κ3) is 4.40. The van der Waals surface area contributed by atoms with E-state index in [4.69, 9.17) is 5.73 Å². The van der Waals surface area contributed by atoms with Gasteiger partial charge in [0.15, 0.2) is 0 Å². The maximum Gasteiger partial charge on any atom is 0.239 e. The van der Waals surface area contributed by atoms with E-state index >= 15 is 0 Å². The molecule has 5 nitrogen and oxygen atoms in total. The monoisotopic (exact) mass is 236 g/mol. The summed E-state index contributed by atoms with van der Waals surface area (Å²) < 4.78 is 0. The standard InChI is InChI=1S/C12H20N4O/c1-3-5-15-12(17)9-16(2)11-4-6-14-10(7-11)8-13/h4,6-7H,3,5,8-9,13H2,1-2H3,(H,15,17). The van der Waals surface area contributed by atoms with E-state index in [0.29, 0.717) is 13.1 Å². The van der Waals surface area contributed by atoms with E-state index in [1.54, 1.807) is 6.20 Å². The molecule has 3 N–H and O–H groups in total. The molecule has 17 heavy (non-hydrogen) atoms. The predicted molar refractivity (Wildman–Crippen MR) is 68.7 cm³/mol. The summed E-state index contributed by atoms with van der Waals surface area (Å²) in [6.07, 6.45) is 2.65. The lowest BCUT2D eigenvalue weighted by molar-refractivity contribution is -0.119. The van der Waals surface area contributed by atoms with Gasteiger partial charge >= 0.3 is 0 Å². The van der Waals surface area contributed by atoms with E-state index in [1.807, 2.05) is 31.0 Å². The number of nitrogens with one attached hydrogen (secondary N) is 1. The first-order chi connectivity index (χ1) is 8.17. The molecule has 0 aromatic carbocycles. The smallest absolute Gasteiger partial charge is 0.239 e. The molecular weight excluding hydrogens is 216 g/mol. The predicted octanol–water partition coefficient (Wildman–Crippen LogP) is 0.503. The molecule has 5 heteroatoms. The van der Waals surface area contributed by atoms with Crippen molar-refractivity contribution in [2.45, 2.75) is 19.9 Å². The number of nitrogens with zero attached hydrogens (tertiary/aromatic N) is 2. The van der Waals surface area contributed by atoms with Crippen molar-refractivity contribution in [3.8, 4) is 0 Å². The van der Waals surface area contributed by atoms with Gasteiger partial charge in [0.05, 0.1) is 12.2 Å². The van der Waals surface area contributed by atoms with Gasteiger partial charge in [0, 0.05) is 32.0 Å². The maximum absolute atomic E-state index is 11.5. The van der Waals surface area contributed by atoms with Crippen LogP contribution in [-0.2, 0) is 11.3 Å². The molecule has 1 aromatic rings. The summed E-state index contributed by atoms with van der Waals surface area (Å²) in [5.41, 5.74) is 7.30. The first-order valence-electron chi connectivity index (χ1n) is 5.80. The maximum atomic E-state index is 11.5. The molecule has 0 fully saturated rings. The number of carbonyl (C=O) groups excluding carboxylic acids is 1. The van der Waals surface area contributed by atoms with Gasteiger partial charge in [0.25, 0.3) is 0 Å². The Kier molecular flexibility index (Phi) is 5.42. The molecule has 0 bridgehead atoms. The van der Waals surface area contributed by atoms with Crippen molar-refractivity contribution < 1.29 is 4.79 Å². The van der Waals surface area contributed by atoms with E-state index in [-0.39, 0.29) is 5.91 Å². The highest BCUT2D eigenvalue weighted by molar-refractivity contribution is 5.81. The normalized spacial score (nSPS) is 10.1. The minimum Gasteiger partial charge on any atom is -0.365 e. The molecule has 0 unspecified atom stereocenters. The zero-order chi connectivity index (χ0) is 12.7. The number of likely N-dealkylation sites (N-methyl/N-ethyl adjacent to an activating group) is 1. The summed E-state index contributed by atoms with van der Waals surface area (Å²) in [6, 6.07) is 3.76. The summed E-state index contributed by atoms with van der Waals surface area (Å²) in [6.45, 7) is 3.50. The molecule has 0 atom stereocenters. The molecule has 1 amide bonds. The number of rotatable bonds is 6. The van der Waals surface area contributed by atoms with Gasteiger partial charge in [-0.2, -0.15) is 0 Å². The minimum atomic E-state index is 0.0282. The van der Waals surface area contributed by atoms with Crippen molar-refractivity contribution in [1.29, 1.82) is 0 Å². The molecule has 0 aliphatic heterocycles. The van der Waals surface area contributed by atoms with Crippen LogP contribution >= 0.6 is 0 Å². The summed E-state index contributed by atoms with van der Waals surface area (Å²) in [5, 5.41) is 2.84. The lowest BCUT2D eigenvalue weighted by atomic mass is 10.3. The quantitative estimate of drug-likeness (QED) is 0.754. The Morgan fingerprint density at radius 3 is 3.00 bits per heavy atom. The highest BCUT2D eigenvalue weighted by Gasteiger charge is 2.07. The van der Waals surface area contributed by atoms with Crippen LogP contribution in [0.4, 0.5) is 5.69 Å². The second-order valence-electron chi connectivity index (χ2n) is 3.92. The fourth-order valence-electron chi connectivity index (χ4n) is 1.44. The zero-order valence-electron chi connectivity index (χ0n) is 10.4. The second kappa shape index (κ2) is 6.85. The average molecular weight is 236 g/mol. The third-order valence-corrected chi connectivity index (χ3v) is 2.40. The largest absolute Gasteiger partial charge is 0.365 e. The van der Waals surface area contributed by atoms with Crippen LogP contribution in [0.3, 0.4) is 0 Å². The molecule has 94 valence electrons. The Labute approximate surface area is 102 Å². The number of aromatic nitrogens is 1. The van der Waals surface area contributed by atoms with Gasteiger partial charge in [-0.1, -0.05) is 6.92 Å². The Balaban J connectivity index is 2.56. The summed E-state index contributed by atoms with van der Waals surface area (Å²) in [5.74, 6) is 0.0282. The number of nitrogens with two attached hydrogens (primary N) is 1. The van der Waals surface area contributed by atoms with Crippen LogP contribution in [0.2, 0.25) is 0 Å². The number of hydrogen-bond donors (Lipinski definition) is 2. The molecular formula is C12H20N4O. The van der Waals surface area contributed by atoms with Crippen molar-refractivity contribution in [1.82, 2.24) is 10.3 Å². The van der Waals surface area contributed by atoms with Gasteiger partial charge < -0.3 is 16.0 Å². The van der Waals surface area contributed by atoms with Gasteiger partial charge in [-0.3, -0.25) is 9.78 Å². The van der Waals surface area contributed by atoms with Crippen LogP contribution in [0.25, 0.3) is 0 Å². The number of carbonyl (C=O) groups is 1. The highest BCUT2D eigenvalue weighted by atomic mass is 16.2. The highest BCUT2D eigenvalue weighted by Crippen LogP contribution is 2.11. The van der Waals surface area contributed by atoms with Gasteiger partial charge in [-0.15, -0.1) is 0 Å². The van der Waals surface area contributed by atoms with Crippen molar-refractivity contribution >= 4 is 11.6 Å². The minimum absolute atomic E-state index is 0.0282. The van der Waals surface area contributed by atoms with Crippen molar-refractivity contribution in [3.05, 3.63) is 24.0 Å². The summed E-state index contributed by atoms with van der Waals surface area (Å²) in [4.78, 5) is 17.5. The van der Waals surface area contributed by atoms with Gasteiger partial charge in [-0.25, -0.2) is 0 Å². The molecule has 0 aliphatic carbocycles. The van der Waals surface area contributed by atoms with Crippen LogP contribution in [-0.4, -0.2) is 31.0 Å². The van der Waals surface area contributed by atoms with Crippen LogP contribution in [0.1, 0.15) is 19.0 Å². The molecule has 1 heterocycles. The molecule has 0 radical (unpaired) electrons. The lowest BCUT2D eigenvalue weighted by Crippen LogP contribution is -2.35. The Bertz CT molecular complexity index is 367. The van der Waals surface area contributed by atoms with Crippen molar-refractivity contribution in [3.63, 3.8) is 0 Å². The average Bonchev–Trinajstić information content (AvgIpc) is 2.36. The van der Waals surface area contributed by atoms with E-state index in [1.165, 1.54) is 0 Å². The third-order valence-electron chi connectivity index (χ3n) is 2.40. The van der Waals surface area contributed by atoms with Gasteiger partial charge in [-0.05, 0) is 18.6 Å². The molecule has 1 aromatic heterocycles. The van der Waals surface area contributed by atoms with Crippen LogP contribution < -0.4 is 16.0 Å². The topological polar surface area (TPSA) is 71.2 Å². The van der Waals surface area contributed by atoms with Gasteiger partial charge in [0.1, 0.15) is 0 Å². The fraction of sp³-hybridized carbons (Fsp3) is 0.500. The Morgan fingerprint density at radius 1 is 1.59 bits per heavy atom. The SMILES string of the molecule is CCCNC(=O)CN(C)c1ccnc(CN)c1. The summed E-state index contributed by atoms with van der Waals surface area (Å²) in [7, 11) is 1.88. The molecule has 1 rings (SSSR count). The lowest BCUT2D eigenvalue weighted by Gasteiger charge is -2.19. The van der Waals surface area contributed by atoms with E-state index in [0.717, 1.165) is 24.3 Å². The van der Waals surface area contributed by atoms with E-state index < -0.39 is 0 Å². The Morgan fingerprint density at radius 2 is 2.35 bits per heavy atom. The van der Waals surface area contributed by atoms with Crippen LogP contribution in [0.5, 0.6) is 0 Å². The van der Waals surface area contributed by atoms with E-state index in [2.05, 4.69) is 10.3 Å². The molecule has 0 saturated carbocycles. The zero-order valence-corrected chi connectivity index (χ0v) is 10.4. The molecule has 0 aliphatic rings. The number of anilines is 1. The van der Waals surface area contributed by atoms with Gasteiger partial charge in [0.2, 0.25) is 5.91 Å².